The van der Waals surface area contributed by atoms with E-state index in [0.29, 0.717) is 50.7 Å². The van der Waals surface area contributed by atoms with Gasteiger partial charge in [0.1, 0.15) is 11.7 Å². The fourth-order valence-corrected chi connectivity index (χ4v) is 3.68. The first-order chi connectivity index (χ1) is 13.0. The maximum atomic E-state index is 12.4. The van der Waals surface area contributed by atoms with Gasteiger partial charge in [-0.05, 0) is 19.9 Å². The Morgan fingerprint density at radius 3 is 2.41 bits per heavy atom. The molecule has 3 rings (SSSR count). The highest BCUT2D eigenvalue weighted by atomic mass is 16.6. The second-order valence-corrected chi connectivity index (χ2v) is 7.38. The van der Waals surface area contributed by atoms with Crippen LogP contribution in [0, 0.1) is 0 Å². The number of carbonyl (C=O) groups excluding carboxylic acids is 1. The van der Waals surface area contributed by atoms with Crippen molar-refractivity contribution < 1.29 is 19.4 Å². The Morgan fingerprint density at radius 2 is 1.81 bits per heavy atom. The van der Waals surface area contributed by atoms with Gasteiger partial charge in [0, 0.05) is 70.5 Å². The first kappa shape index (κ1) is 19.4. The van der Waals surface area contributed by atoms with E-state index in [2.05, 4.69) is 23.7 Å². The molecule has 3 heterocycles. The Morgan fingerprint density at radius 1 is 1.15 bits per heavy atom. The Bertz CT molecular complexity index is 665. The van der Waals surface area contributed by atoms with Crippen molar-refractivity contribution in [2.45, 2.75) is 38.8 Å². The highest BCUT2D eigenvalue weighted by Gasteiger charge is 2.28. The number of aromatic carboxylic acids is 1. The Balaban J connectivity index is 1.49. The van der Waals surface area contributed by atoms with E-state index in [1.54, 1.807) is 17.2 Å². The van der Waals surface area contributed by atoms with Gasteiger partial charge in [0.2, 0.25) is 0 Å². The van der Waals surface area contributed by atoms with E-state index < -0.39 is 5.97 Å². The molecule has 1 aromatic heterocycles. The van der Waals surface area contributed by atoms with Crippen LogP contribution in [0.15, 0.2) is 18.5 Å². The molecule has 0 bridgehead atoms. The zero-order valence-electron chi connectivity index (χ0n) is 16.0. The number of rotatable bonds is 4. The minimum atomic E-state index is -0.979. The third-order valence-electron chi connectivity index (χ3n) is 5.38. The van der Waals surface area contributed by atoms with Crippen molar-refractivity contribution in [1.82, 2.24) is 14.8 Å². The number of piperazine rings is 1. The summed E-state index contributed by atoms with van der Waals surface area (Å²) in [6.07, 6.45) is 4.02. The summed E-state index contributed by atoms with van der Waals surface area (Å²) in [7, 11) is 0. The van der Waals surface area contributed by atoms with Gasteiger partial charge in [-0.3, -0.25) is 9.88 Å². The maximum Gasteiger partial charge on any atom is 0.410 e. The molecular formula is C19H28N4O4. The van der Waals surface area contributed by atoms with Crippen LogP contribution in [0.2, 0.25) is 0 Å². The van der Waals surface area contributed by atoms with Crippen LogP contribution in [0.4, 0.5) is 10.5 Å². The molecule has 1 aromatic rings. The highest BCUT2D eigenvalue weighted by Crippen LogP contribution is 2.25. The molecule has 0 spiro atoms. The van der Waals surface area contributed by atoms with E-state index in [1.165, 1.54) is 6.20 Å². The van der Waals surface area contributed by atoms with Crippen LogP contribution in [-0.2, 0) is 4.74 Å². The Kier molecular flexibility index (Phi) is 6.15. The summed E-state index contributed by atoms with van der Waals surface area (Å²) in [5.41, 5.74) is 0.878. The molecule has 2 saturated heterocycles. The van der Waals surface area contributed by atoms with Crippen molar-refractivity contribution in [3.63, 3.8) is 0 Å². The molecule has 0 radical (unpaired) electrons. The van der Waals surface area contributed by atoms with E-state index in [1.807, 2.05) is 4.90 Å². The van der Waals surface area contributed by atoms with E-state index >= 15 is 0 Å². The molecular weight excluding hydrogens is 348 g/mol. The van der Waals surface area contributed by atoms with Gasteiger partial charge in [0.15, 0.2) is 0 Å². The number of hydrogen-bond acceptors (Lipinski definition) is 6. The Hall–Kier alpha value is -2.35. The third-order valence-corrected chi connectivity index (χ3v) is 5.38. The normalized spacial score (nSPS) is 19.4. The van der Waals surface area contributed by atoms with Gasteiger partial charge in [-0.25, -0.2) is 9.59 Å². The predicted octanol–water partition coefficient (Wildman–Crippen LogP) is 1.91. The molecule has 2 aliphatic rings. The molecule has 1 amide bonds. The average molecular weight is 376 g/mol. The number of piperidine rings is 1. The van der Waals surface area contributed by atoms with Gasteiger partial charge in [-0.1, -0.05) is 0 Å². The SMILES string of the molecule is CC(C)N1CCN(C(=O)OC2CCN(c3ccncc3C(=O)O)CC2)CC1. The van der Waals surface area contributed by atoms with Crippen molar-refractivity contribution in [3.8, 4) is 0 Å². The molecule has 1 N–H and O–H groups in total. The highest BCUT2D eigenvalue weighted by molar-refractivity contribution is 5.94. The second kappa shape index (κ2) is 8.56. The topological polar surface area (TPSA) is 86.2 Å². The molecule has 2 fully saturated rings. The summed E-state index contributed by atoms with van der Waals surface area (Å²) >= 11 is 0. The van der Waals surface area contributed by atoms with Gasteiger partial charge in [-0.2, -0.15) is 0 Å². The lowest BCUT2D eigenvalue weighted by molar-refractivity contribution is 0.0338. The number of carbonyl (C=O) groups is 2. The molecule has 8 nitrogen and oxygen atoms in total. The zero-order valence-corrected chi connectivity index (χ0v) is 16.0. The summed E-state index contributed by atoms with van der Waals surface area (Å²) in [5, 5.41) is 9.32. The summed E-state index contributed by atoms with van der Waals surface area (Å²) in [4.78, 5) is 33.9. The van der Waals surface area contributed by atoms with Crippen molar-refractivity contribution >= 4 is 17.7 Å². The van der Waals surface area contributed by atoms with Crippen LogP contribution in [0.3, 0.4) is 0 Å². The number of amides is 1. The summed E-state index contributed by atoms with van der Waals surface area (Å²) in [5.74, 6) is -0.979. The van der Waals surface area contributed by atoms with Gasteiger partial charge in [-0.15, -0.1) is 0 Å². The lowest BCUT2D eigenvalue weighted by Crippen LogP contribution is -2.51. The fraction of sp³-hybridized carbons (Fsp3) is 0.632. The number of ether oxygens (including phenoxy) is 1. The van der Waals surface area contributed by atoms with Crippen LogP contribution in [0.25, 0.3) is 0 Å². The lowest BCUT2D eigenvalue weighted by atomic mass is 10.1. The van der Waals surface area contributed by atoms with Crippen LogP contribution < -0.4 is 4.90 Å². The minimum Gasteiger partial charge on any atom is -0.478 e. The standard InChI is InChI=1S/C19H28N4O4/c1-14(2)21-9-11-23(12-10-21)19(26)27-15-4-7-22(8-5-15)17-3-6-20-13-16(17)18(24)25/h3,6,13-15H,4-5,7-12H2,1-2H3,(H,24,25). The van der Waals surface area contributed by atoms with E-state index in [-0.39, 0.29) is 17.8 Å². The smallest absolute Gasteiger partial charge is 0.410 e. The zero-order chi connectivity index (χ0) is 19.4. The largest absolute Gasteiger partial charge is 0.478 e. The molecule has 0 aromatic carbocycles. The first-order valence-electron chi connectivity index (χ1n) is 9.57. The van der Waals surface area contributed by atoms with Gasteiger partial charge in [0.05, 0.1) is 5.69 Å². The van der Waals surface area contributed by atoms with E-state index in [4.69, 9.17) is 4.74 Å². The first-order valence-corrected chi connectivity index (χ1v) is 9.57. The van der Waals surface area contributed by atoms with Gasteiger partial charge >= 0.3 is 12.1 Å². The van der Waals surface area contributed by atoms with E-state index in [0.717, 1.165) is 13.1 Å². The summed E-state index contributed by atoms with van der Waals surface area (Å²) in [6, 6.07) is 2.22. The second-order valence-electron chi connectivity index (χ2n) is 7.38. The summed E-state index contributed by atoms with van der Waals surface area (Å²) in [6.45, 7) is 8.81. The van der Waals surface area contributed by atoms with Crippen LogP contribution in [-0.4, -0.2) is 83.4 Å². The monoisotopic (exact) mass is 376 g/mol. The van der Waals surface area contributed by atoms with Crippen molar-refractivity contribution in [1.29, 1.82) is 0 Å². The fourth-order valence-electron chi connectivity index (χ4n) is 3.68. The van der Waals surface area contributed by atoms with Gasteiger partial charge in [0.25, 0.3) is 0 Å². The number of nitrogens with zero attached hydrogens (tertiary/aromatic N) is 4. The molecule has 148 valence electrons. The lowest BCUT2D eigenvalue weighted by Gasteiger charge is -2.38. The minimum absolute atomic E-state index is 0.119. The Labute approximate surface area is 159 Å². The van der Waals surface area contributed by atoms with Crippen molar-refractivity contribution in [3.05, 3.63) is 24.0 Å². The number of hydrogen-bond donors (Lipinski definition) is 1. The molecule has 0 aliphatic carbocycles. The van der Waals surface area contributed by atoms with E-state index in [9.17, 15) is 14.7 Å². The number of carboxylic acids is 1. The quantitative estimate of drug-likeness (QED) is 0.859. The maximum absolute atomic E-state index is 12.4. The van der Waals surface area contributed by atoms with Crippen LogP contribution in [0.1, 0.15) is 37.0 Å². The molecule has 2 aliphatic heterocycles. The molecule has 0 unspecified atom stereocenters. The molecule has 8 heteroatoms. The van der Waals surface area contributed by atoms with Gasteiger partial charge < -0.3 is 19.6 Å². The van der Waals surface area contributed by atoms with Crippen molar-refractivity contribution in [2.75, 3.05) is 44.2 Å². The third kappa shape index (κ3) is 4.68. The summed E-state index contributed by atoms with van der Waals surface area (Å²) < 4.78 is 5.70. The van der Waals surface area contributed by atoms with Crippen LogP contribution in [0.5, 0.6) is 0 Å². The number of pyridine rings is 1. The predicted molar refractivity (Wildman–Crippen MR) is 101 cm³/mol. The molecule has 27 heavy (non-hydrogen) atoms. The molecule has 0 saturated carbocycles. The number of aromatic nitrogens is 1. The number of carboxylic acid groups (broad SMARTS) is 1. The number of anilines is 1. The average Bonchev–Trinajstić information content (AvgIpc) is 2.68. The van der Waals surface area contributed by atoms with Crippen LogP contribution >= 0.6 is 0 Å². The molecule has 0 atom stereocenters. The van der Waals surface area contributed by atoms with Crippen molar-refractivity contribution in [2.24, 2.45) is 0 Å².